The van der Waals surface area contributed by atoms with Gasteiger partial charge in [0.1, 0.15) is 6.04 Å². The predicted octanol–water partition coefficient (Wildman–Crippen LogP) is 0.196. The number of imide groups is 1. The Kier molecular flexibility index (Phi) is 3.43. The van der Waals surface area contributed by atoms with Gasteiger partial charge in [-0.2, -0.15) is 0 Å². The molecule has 0 spiro atoms. The highest BCUT2D eigenvalue weighted by Gasteiger charge is 2.34. The number of hydrogen-bond donors (Lipinski definition) is 1. The molecule has 2 rings (SSSR count). The Bertz CT molecular complexity index is 594. The molecule has 1 fully saturated rings. The Labute approximate surface area is 114 Å². The summed E-state index contributed by atoms with van der Waals surface area (Å²) in [5, 5.41) is 13.8. The summed E-state index contributed by atoms with van der Waals surface area (Å²) in [5.41, 5.74) is 0. The number of nitrogens with one attached hydrogen (secondary N) is 1. The van der Waals surface area contributed by atoms with Crippen LogP contribution in [0.2, 0.25) is 0 Å². The summed E-state index contributed by atoms with van der Waals surface area (Å²) in [6, 6.07) is -0.661. The van der Waals surface area contributed by atoms with E-state index in [4.69, 9.17) is 0 Å². The first-order valence-corrected chi connectivity index (χ1v) is 6.07. The summed E-state index contributed by atoms with van der Waals surface area (Å²) in [6.45, 7) is 1.64. The summed E-state index contributed by atoms with van der Waals surface area (Å²) in [5.74, 6) is -0.323. The van der Waals surface area contributed by atoms with Gasteiger partial charge < -0.3 is 15.4 Å². The number of aromatic nitrogens is 2. The molecule has 108 valence electrons. The smallest absolute Gasteiger partial charge is 0.358 e. The number of aryl methyl sites for hydroxylation is 1. The van der Waals surface area contributed by atoms with Crippen LogP contribution in [0.4, 0.5) is 11.6 Å². The number of hydrogen-bond acceptors (Lipinski definition) is 6. The van der Waals surface area contributed by atoms with E-state index in [2.05, 4.69) is 10.3 Å². The van der Waals surface area contributed by atoms with Gasteiger partial charge in [-0.3, -0.25) is 19.1 Å². The molecule has 9 heteroatoms. The van der Waals surface area contributed by atoms with Gasteiger partial charge in [-0.05, 0) is 16.3 Å². The average molecular weight is 281 g/mol. The van der Waals surface area contributed by atoms with Crippen molar-refractivity contribution in [3.05, 3.63) is 15.9 Å². The summed E-state index contributed by atoms with van der Waals surface area (Å²) in [7, 11) is 3.03. The molecule has 1 atom stereocenters. The van der Waals surface area contributed by atoms with Crippen molar-refractivity contribution >= 4 is 23.5 Å². The Balaban J connectivity index is 2.29. The Hall–Kier alpha value is -2.45. The molecule has 1 unspecified atom stereocenters. The second kappa shape index (κ2) is 4.91. The molecular formula is C11H15N5O4. The number of nitro groups is 1. The zero-order valence-electron chi connectivity index (χ0n) is 11.4. The van der Waals surface area contributed by atoms with Crippen LogP contribution in [0.25, 0.3) is 0 Å². The zero-order chi connectivity index (χ0) is 15.0. The van der Waals surface area contributed by atoms with E-state index < -0.39 is 16.9 Å². The maximum atomic E-state index is 12.0. The van der Waals surface area contributed by atoms with Crippen LogP contribution in [-0.4, -0.2) is 44.3 Å². The van der Waals surface area contributed by atoms with Gasteiger partial charge in [0.25, 0.3) is 5.91 Å². The molecule has 0 aliphatic carbocycles. The van der Waals surface area contributed by atoms with Crippen LogP contribution in [0.1, 0.15) is 18.7 Å². The number of carbonyl (C=O) groups excluding carboxylic acids is 2. The lowest BCUT2D eigenvalue weighted by Crippen LogP contribution is -2.48. The SMILES string of the molecule is Cc1nc([N+](=O)[O-])c(NC2CCC(=O)N(C)C2=O)n1C. The monoisotopic (exact) mass is 281 g/mol. The van der Waals surface area contributed by atoms with Crippen LogP contribution in [-0.2, 0) is 16.6 Å². The highest BCUT2D eigenvalue weighted by atomic mass is 16.6. The van der Waals surface area contributed by atoms with Crippen molar-refractivity contribution in [2.24, 2.45) is 7.05 Å². The number of piperidine rings is 1. The largest absolute Gasteiger partial charge is 0.406 e. The third kappa shape index (κ3) is 2.22. The summed E-state index contributed by atoms with van der Waals surface area (Å²) < 4.78 is 1.52. The molecule has 1 saturated heterocycles. The molecule has 0 aromatic carbocycles. The van der Waals surface area contributed by atoms with Crippen molar-refractivity contribution < 1.29 is 14.5 Å². The number of likely N-dealkylation sites (N-methyl/N-ethyl adjacent to an activating group) is 1. The number of amides is 2. The van der Waals surface area contributed by atoms with Crippen LogP contribution in [0, 0.1) is 17.0 Å². The summed E-state index contributed by atoms with van der Waals surface area (Å²) in [4.78, 5) is 38.6. The van der Waals surface area contributed by atoms with Gasteiger partial charge in [0.05, 0.1) is 0 Å². The highest BCUT2D eigenvalue weighted by Crippen LogP contribution is 2.26. The van der Waals surface area contributed by atoms with Gasteiger partial charge in [0, 0.05) is 27.4 Å². The fourth-order valence-electron chi connectivity index (χ4n) is 2.10. The molecule has 20 heavy (non-hydrogen) atoms. The van der Waals surface area contributed by atoms with Crippen LogP contribution < -0.4 is 5.32 Å². The van der Waals surface area contributed by atoms with Gasteiger partial charge in [0.2, 0.25) is 17.5 Å². The molecule has 9 nitrogen and oxygen atoms in total. The molecule has 1 aromatic rings. The predicted molar refractivity (Wildman–Crippen MR) is 69.0 cm³/mol. The van der Waals surface area contributed by atoms with E-state index >= 15 is 0 Å². The molecule has 2 amide bonds. The van der Waals surface area contributed by atoms with Crippen molar-refractivity contribution in [3.8, 4) is 0 Å². The Morgan fingerprint density at radius 2 is 2.05 bits per heavy atom. The van der Waals surface area contributed by atoms with Crippen molar-refractivity contribution in [1.29, 1.82) is 0 Å². The topological polar surface area (TPSA) is 110 Å². The lowest BCUT2D eigenvalue weighted by atomic mass is 10.0. The van der Waals surface area contributed by atoms with Crippen LogP contribution in [0.5, 0.6) is 0 Å². The second-order valence-electron chi connectivity index (χ2n) is 4.67. The number of rotatable bonds is 3. The first kappa shape index (κ1) is 14.0. The summed E-state index contributed by atoms with van der Waals surface area (Å²) in [6.07, 6.45) is 0.536. The Morgan fingerprint density at radius 3 is 2.65 bits per heavy atom. The van der Waals surface area contributed by atoms with Gasteiger partial charge in [0.15, 0.2) is 0 Å². The maximum absolute atomic E-state index is 12.0. The van der Waals surface area contributed by atoms with E-state index in [1.165, 1.54) is 11.6 Å². The molecule has 0 bridgehead atoms. The fraction of sp³-hybridized carbons (Fsp3) is 0.545. The molecule has 0 radical (unpaired) electrons. The minimum absolute atomic E-state index is 0.175. The minimum atomic E-state index is -0.661. The first-order valence-electron chi connectivity index (χ1n) is 6.07. The molecule has 0 saturated carbocycles. The quantitative estimate of drug-likeness (QED) is 0.481. The van der Waals surface area contributed by atoms with Gasteiger partial charge in [-0.25, -0.2) is 0 Å². The number of carbonyl (C=O) groups is 2. The third-order valence-electron chi connectivity index (χ3n) is 3.43. The van der Waals surface area contributed by atoms with E-state index in [-0.39, 0.29) is 24.0 Å². The average Bonchev–Trinajstić information content (AvgIpc) is 2.67. The van der Waals surface area contributed by atoms with Crippen molar-refractivity contribution in [2.75, 3.05) is 12.4 Å². The zero-order valence-corrected chi connectivity index (χ0v) is 11.4. The third-order valence-corrected chi connectivity index (χ3v) is 3.43. The lowest BCUT2D eigenvalue weighted by Gasteiger charge is -2.28. The van der Waals surface area contributed by atoms with E-state index in [9.17, 15) is 19.7 Å². The molecule has 1 aliphatic heterocycles. The van der Waals surface area contributed by atoms with Crippen LogP contribution in [0.3, 0.4) is 0 Å². The first-order chi connectivity index (χ1) is 9.32. The van der Waals surface area contributed by atoms with Crippen LogP contribution in [0.15, 0.2) is 0 Å². The van der Waals surface area contributed by atoms with E-state index in [0.29, 0.717) is 12.2 Å². The Morgan fingerprint density at radius 1 is 1.40 bits per heavy atom. The lowest BCUT2D eigenvalue weighted by molar-refractivity contribution is -0.388. The molecular weight excluding hydrogens is 266 g/mol. The number of imidazole rings is 1. The van der Waals surface area contributed by atoms with E-state index in [1.807, 2.05) is 0 Å². The van der Waals surface area contributed by atoms with Crippen LogP contribution >= 0.6 is 0 Å². The maximum Gasteiger partial charge on any atom is 0.406 e. The summed E-state index contributed by atoms with van der Waals surface area (Å²) >= 11 is 0. The number of anilines is 1. The van der Waals surface area contributed by atoms with Crippen molar-refractivity contribution in [3.63, 3.8) is 0 Å². The van der Waals surface area contributed by atoms with Gasteiger partial charge in [-0.1, -0.05) is 0 Å². The fourth-order valence-corrected chi connectivity index (χ4v) is 2.10. The van der Waals surface area contributed by atoms with Crippen molar-refractivity contribution in [1.82, 2.24) is 14.5 Å². The van der Waals surface area contributed by atoms with E-state index in [1.54, 1.807) is 14.0 Å². The molecule has 1 N–H and O–H groups in total. The molecule has 1 aliphatic rings. The standard InChI is InChI=1S/C11H15N5O4/c1-6-12-10(16(19)20)9(14(6)2)13-7-4-5-8(17)15(3)11(7)18/h7,13H,4-5H2,1-3H3. The minimum Gasteiger partial charge on any atom is -0.358 e. The number of nitrogens with zero attached hydrogens (tertiary/aromatic N) is 4. The normalized spacial score (nSPS) is 19.4. The highest BCUT2D eigenvalue weighted by molar-refractivity contribution is 6.01. The molecule has 2 heterocycles. The second-order valence-corrected chi connectivity index (χ2v) is 4.67. The van der Waals surface area contributed by atoms with Crippen molar-refractivity contribution in [2.45, 2.75) is 25.8 Å². The number of likely N-dealkylation sites (tertiary alicyclic amines) is 1. The van der Waals surface area contributed by atoms with Gasteiger partial charge >= 0.3 is 5.82 Å². The molecule has 1 aromatic heterocycles. The van der Waals surface area contributed by atoms with E-state index in [0.717, 1.165) is 4.90 Å². The van der Waals surface area contributed by atoms with Gasteiger partial charge in [-0.15, -0.1) is 0 Å².